The number of benzene rings is 4. The number of carbonyl (C=O) groups excluding carboxylic acids is 2. The zero-order valence-corrected chi connectivity index (χ0v) is 25.9. The number of likely N-dealkylation sites (N-methyl/N-ethyl adjacent to an activating group) is 1. The minimum atomic E-state index is -4.17. The summed E-state index contributed by atoms with van der Waals surface area (Å²) >= 11 is 3.44. The molecule has 0 heterocycles. The second kappa shape index (κ2) is 13.7. The number of aryl methyl sites for hydroxylation is 1. The van der Waals surface area contributed by atoms with Gasteiger partial charge in [-0.3, -0.25) is 13.9 Å². The molecular formula is C32H32BrN3O5S. The molecule has 0 aromatic heterocycles. The quantitative estimate of drug-likeness (QED) is 0.218. The Labute approximate surface area is 255 Å². The molecule has 2 amide bonds. The first kappa shape index (κ1) is 30.8. The largest absolute Gasteiger partial charge is 0.457 e. The van der Waals surface area contributed by atoms with Gasteiger partial charge in [0.25, 0.3) is 10.0 Å². The maximum absolute atomic E-state index is 14.0. The lowest BCUT2D eigenvalue weighted by molar-refractivity contribution is -0.139. The van der Waals surface area contributed by atoms with Crippen molar-refractivity contribution in [2.24, 2.45) is 0 Å². The summed E-state index contributed by atoms with van der Waals surface area (Å²) in [6.07, 6.45) is 0. The standard InChI is InChI=1S/C32H32BrN3O5S/c1-23-12-18-30(19-13-23)42(39,40)36(27-14-16-29(17-15-27)41-28-10-5-4-6-11-28)22-31(37)35(24(2)32(38)34-3)21-25-8-7-9-26(33)20-25/h4-20,24H,21-22H2,1-3H3,(H,34,38)/t24-/m1/s1. The summed E-state index contributed by atoms with van der Waals surface area (Å²) in [5, 5.41) is 2.58. The first-order valence-electron chi connectivity index (χ1n) is 13.3. The molecule has 42 heavy (non-hydrogen) atoms. The lowest BCUT2D eigenvalue weighted by atomic mass is 10.1. The molecule has 4 rings (SSSR count). The molecule has 0 aliphatic heterocycles. The monoisotopic (exact) mass is 649 g/mol. The zero-order chi connectivity index (χ0) is 30.3. The summed E-state index contributed by atoms with van der Waals surface area (Å²) < 4.78 is 35.7. The van der Waals surface area contributed by atoms with Gasteiger partial charge in [-0.25, -0.2) is 8.42 Å². The van der Waals surface area contributed by atoms with Gasteiger partial charge in [-0.2, -0.15) is 0 Å². The fourth-order valence-electron chi connectivity index (χ4n) is 4.29. The molecule has 0 saturated heterocycles. The van der Waals surface area contributed by atoms with Crippen molar-refractivity contribution in [2.45, 2.75) is 31.3 Å². The van der Waals surface area contributed by atoms with Crippen LogP contribution in [0.25, 0.3) is 0 Å². The summed E-state index contributed by atoms with van der Waals surface area (Å²) in [5.74, 6) is 0.240. The zero-order valence-electron chi connectivity index (χ0n) is 23.5. The molecule has 0 bridgehead atoms. The van der Waals surface area contributed by atoms with Crippen LogP contribution in [-0.2, 0) is 26.2 Å². The second-order valence-electron chi connectivity index (χ2n) is 9.68. The predicted octanol–water partition coefficient (Wildman–Crippen LogP) is 5.91. The number of ether oxygens (including phenoxy) is 1. The van der Waals surface area contributed by atoms with Crippen LogP contribution in [0.3, 0.4) is 0 Å². The normalized spacial score (nSPS) is 11.8. The minimum absolute atomic E-state index is 0.0448. The van der Waals surface area contributed by atoms with Crippen molar-refractivity contribution in [1.29, 1.82) is 0 Å². The molecule has 0 unspecified atom stereocenters. The van der Waals surface area contributed by atoms with Gasteiger partial charge >= 0.3 is 0 Å². The van der Waals surface area contributed by atoms with Crippen LogP contribution in [0.2, 0.25) is 0 Å². The Bertz CT molecular complexity index is 1630. The Kier molecular flexibility index (Phi) is 10.0. The van der Waals surface area contributed by atoms with Crippen LogP contribution in [0.15, 0.2) is 112 Å². The van der Waals surface area contributed by atoms with Gasteiger partial charge in [0.1, 0.15) is 24.1 Å². The highest BCUT2D eigenvalue weighted by atomic mass is 79.9. The summed E-state index contributed by atoms with van der Waals surface area (Å²) in [6, 6.07) is 28.7. The van der Waals surface area contributed by atoms with E-state index in [1.165, 1.54) is 24.1 Å². The molecule has 10 heteroatoms. The van der Waals surface area contributed by atoms with Crippen molar-refractivity contribution in [1.82, 2.24) is 10.2 Å². The van der Waals surface area contributed by atoms with Gasteiger partial charge < -0.3 is 15.0 Å². The molecule has 4 aromatic carbocycles. The average molecular weight is 651 g/mol. The van der Waals surface area contributed by atoms with Crippen LogP contribution in [0.1, 0.15) is 18.1 Å². The van der Waals surface area contributed by atoms with Gasteiger partial charge in [0.15, 0.2) is 0 Å². The lowest BCUT2D eigenvalue weighted by Gasteiger charge is -2.32. The van der Waals surface area contributed by atoms with E-state index in [1.54, 1.807) is 43.3 Å². The predicted molar refractivity (Wildman–Crippen MR) is 167 cm³/mol. The maximum Gasteiger partial charge on any atom is 0.264 e. The van der Waals surface area contributed by atoms with E-state index in [1.807, 2.05) is 61.5 Å². The highest BCUT2D eigenvalue weighted by Crippen LogP contribution is 2.29. The van der Waals surface area contributed by atoms with Crippen molar-refractivity contribution in [2.75, 3.05) is 17.9 Å². The molecule has 218 valence electrons. The molecular weight excluding hydrogens is 618 g/mol. The van der Waals surface area contributed by atoms with Gasteiger partial charge in [-0.15, -0.1) is 0 Å². The third kappa shape index (κ3) is 7.57. The molecule has 0 spiro atoms. The number of amides is 2. The van der Waals surface area contributed by atoms with Crippen molar-refractivity contribution in [3.63, 3.8) is 0 Å². The number of hydrogen-bond acceptors (Lipinski definition) is 5. The Morgan fingerprint density at radius 3 is 2.14 bits per heavy atom. The highest BCUT2D eigenvalue weighted by Gasteiger charge is 2.32. The third-order valence-electron chi connectivity index (χ3n) is 6.65. The molecule has 0 aliphatic carbocycles. The van der Waals surface area contributed by atoms with Crippen molar-refractivity contribution in [3.05, 3.63) is 119 Å². The first-order valence-corrected chi connectivity index (χ1v) is 15.5. The third-order valence-corrected chi connectivity index (χ3v) is 8.93. The molecule has 1 N–H and O–H groups in total. The van der Waals surface area contributed by atoms with Crippen molar-refractivity contribution >= 4 is 43.5 Å². The summed E-state index contributed by atoms with van der Waals surface area (Å²) in [5.41, 5.74) is 1.96. The van der Waals surface area contributed by atoms with Crippen LogP contribution in [0.4, 0.5) is 5.69 Å². The smallest absolute Gasteiger partial charge is 0.264 e. The molecule has 0 fully saturated rings. The molecule has 0 aliphatic rings. The van der Waals surface area contributed by atoms with Crippen LogP contribution in [0.5, 0.6) is 11.5 Å². The Hall–Kier alpha value is -4.15. The van der Waals surface area contributed by atoms with Gasteiger partial charge in [-0.1, -0.05) is 64.0 Å². The maximum atomic E-state index is 14.0. The Morgan fingerprint density at radius 2 is 1.52 bits per heavy atom. The number of halogens is 1. The Morgan fingerprint density at radius 1 is 0.881 bits per heavy atom. The lowest BCUT2D eigenvalue weighted by Crippen LogP contribution is -2.50. The fourth-order valence-corrected chi connectivity index (χ4v) is 6.16. The van der Waals surface area contributed by atoms with E-state index >= 15 is 0 Å². The number of nitrogens with one attached hydrogen (secondary N) is 1. The van der Waals surface area contributed by atoms with Crippen LogP contribution < -0.4 is 14.4 Å². The molecule has 0 radical (unpaired) electrons. The van der Waals surface area contributed by atoms with E-state index in [9.17, 15) is 18.0 Å². The summed E-state index contributed by atoms with van der Waals surface area (Å²) in [6.45, 7) is 3.06. The number of hydrogen-bond donors (Lipinski definition) is 1. The highest BCUT2D eigenvalue weighted by molar-refractivity contribution is 9.10. The SMILES string of the molecule is CNC(=O)[C@@H](C)N(Cc1cccc(Br)c1)C(=O)CN(c1ccc(Oc2ccccc2)cc1)S(=O)(=O)c1ccc(C)cc1. The number of rotatable bonds is 11. The fraction of sp³-hybridized carbons (Fsp3) is 0.188. The van der Waals surface area contributed by atoms with E-state index in [4.69, 9.17) is 4.74 Å². The minimum Gasteiger partial charge on any atom is -0.457 e. The topological polar surface area (TPSA) is 96.0 Å². The van der Waals surface area contributed by atoms with E-state index in [0.717, 1.165) is 19.9 Å². The van der Waals surface area contributed by atoms with Gasteiger partial charge in [0, 0.05) is 18.1 Å². The number of carbonyl (C=O) groups is 2. The van der Waals surface area contributed by atoms with Crippen LogP contribution >= 0.6 is 15.9 Å². The van der Waals surface area contributed by atoms with Gasteiger partial charge in [0.2, 0.25) is 11.8 Å². The Balaban J connectivity index is 1.70. The van der Waals surface area contributed by atoms with Crippen molar-refractivity contribution in [3.8, 4) is 11.5 Å². The molecule has 4 aromatic rings. The number of sulfonamides is 1. The van der Waals surface area contributed by atoms with E-state index < -0.39 is 28.5 Å². The number of nitrogens with zero attached hydrogens (tertiary/aromatic N) is 2. The van der Waals surface area contributed by atoms with Crippen LogP contribution in [0, 0.1) is 6.92 Å². The molecule has 0 saturated carbocycles. The van der Waals surface area contributed by atoms with Crippen molar-refractivity contribution < 1.29 is 22.7 Å². The average Bonchev–Trinajstić information content (AvgIpc) is 2.99. The van der Waals surface area contributed by atoms with Gasteiger partial charge in [0.05, 0.1) is 10.6 Å². The summed E-state index contributed by atoms with van der Waals surface area (Å²) in [4.78, 5) is 28.0. The second-order valence-corrected chi connectivity index (χ2v) is 12.5. The first-order chi connectivity index (χ1) is 20.1. The van der Waals surface area contributed by atoms with E-state index in [0.29, 0.717) is 11.5 Å². The van der Waals surface area contributed by atoms with E-state index in [-0.39, 0.29) is 23.0 Å². The molecule has 1 atom stereocenters. The van der Waals surface area contributed by atoms with Gasteiger partial charge in [-0.05, 0) is 80.1 Å². The molecule has 8 nitrogen and oxygen atoms in total. The number of para-hydroxylation sites is 1. The van der Waals surface area contributed by atoms with E-state index in [2.05, 4.69) is 21.2 Å². The number of anilines is 1. The summed E-state index contributed by atoms with van der Waals surface area (Å²) in [7, 11) is -2.67. The van der Waals surface area contributed by atoms with Crippen LogP contribution in [-0.4, -0.2) is 44.8 Å².